The molecule has 1 nitrogen and oxygen atoms in total. The molecular formula is C13H16ClN. The van der Waals surface area contributed by atoms with E-state index in [1.165, 1.54) is 29.3 Å². The zero-order valence-electron chi connectivity index (χ0n) is 9.26. The smallest absolute Gasteiger partial charge is 0.0481 e. The number of aromatic nitrogens is 1. The minimum atomic E-state index is 0.825. The second-order valence-electron chi connectivity index (χ2n) is 4.03. The summed E-state index contributed by atoms with van der Waals surface area (Å²) in [6.45, 7) is 2.22. The van der Waals surface area contributed by atoms with Gasteiger partial charge in [-0.15, -0.1) is 0 Å². The molecule has 1 aromatic heterocycles. The summed E-state index contributed by atoms with van der Waals surface area (Å²) in [5.41, 5.74) is 2.68. The van der Waals surface area contributed by atoms with Crippen LogP contribution in [0.3, 0.4) is 0 Å². The molecule has 0 bridgehead atoms. The van der Waals surface area contributed by atoms with Crippen LogP contribution in [-0.4, -0.2) is 4.57 Å². The zero-order valence-corrected chi connectivity index (χ0v) is 10.0. The molecule has 0 saturated heterocycles. The van der Waals surface area contributed by atoms with Crippen molar-refractivity contribution in [1.82, 2.24) is 4.57 Å². The van der Waals surface area contributed by atoms with Gasteiger partial charge in [-0.05, 0) is 36.6 Å². The molecule has 0 fully saturated rings. The van der Waals surface area contributed by atoms with E-state index in [2.05, 4.69) is 36.9 Å². The van der Waals surface area contributed by atoms with Crippen molar-refractivity contribution in [2.75, 3.05) is 0 Å². The summed E-state index contributed by atoms with van der Waals surface area (Å²) in [5, 5.41) is 2.13. The van der Waals surface area contributed by atoms with Gasteiger partial charge in [0, 0.05) is 29.2 Å². The maximum atomic E-state index is 6.02. The lowest BCUT2D eigenvalue weighted by atomic mass is 10.1. The van der Waals surface area contributed by atoms with E-state index in [0.29, 0.717) is 0 Å². The SMILES string of the molecule is CCCCc1cn(C)c2ccc(Cl)cc12. The maximum absolute atomic E-state index is 6.02. The number of nitrogens with zero attached hydrogens (tertiary/aromatic N) is 1. The molecule has 2 aromatic rings. The first kappa shape index (κ1) is 10.6. The standard InChI is InChI=1S/C13H16ClN/c1-3-4-5-10-9-15(2)13-7-6-11(14)8-12(10)13/h6-9H,3-5H2,1-2H3. The van der Waals surface area contributed by atoms with Crippen LogP contribution in [0.1, 0.15) is 25.3 Å². The molecule has 0 saturated carbocycles. The number of hydrogen-bond acceptors (Lipinski definition) is 0. The van der Waals surface area contributed by atoms with Gasteiger partial charge >= 0.3 is 0 Å². The van der Waals surface area contributed by atoms with E-state index in [9.17, 15) is 0 Å². The summed E-state index contributed by atoms with van der Waals surface area (Å²) in [6, 6.07) is 6.11. The third-order valence-corrected chi connectivity index (χ3v) is 3.07. The Hall–Kier alpha value is -0.950. The Labute approximate surface area is 95.7 Å². The Bertz CT molecular complexity index is 471. The van der Waals surface area contributed by atoms with Gasteiger partial charge in [0.25, 0.3) is 0 Å². The van der Waals surface area contributed by atoms with Crippen molar-refractivity contribution in [3.05, 3.63) is 35.0 Å². The van der Waals surface area contributed by atoms with Gasteiger partial charge in [0.05, 0.1) is 0 Å². The van der Waals surface area contributed by atoms with Gasteiger partial charge < -0.3 is 4.57 Å². The first-order valence-electron chi connectivity index (χ1n) is 5.46. The fourth-order valence-electron chi connectivity index (χ4n) is 2.01. The predicted molar refractivity (Wildman–Crippen MR) is 66.5 cm³/mol. The second-order valence-corrected chi connectivity index (χ2v) is 4.47. The minimum Gasteiger partial charge on any atom is -0.350 e. The largest absolute Gasteiger partial charge is 0.350 e. The molecule has 2 heteroatoms. The maximum Gasteiger partial charge on any atom is 0.0481 e. The molecule has 1 aromatic carbocycles. The molecule has 0 aliphatic rings. The van der Waals surface area contributed by atoms with Gasteiger partial charge in [-0.1, -0.05) is 24.9 Å². The van der Waals surface area contributed by atoms with Crippen molar-refractivity contribution >= 4 is 22.5 Å². The number of unbranched alkanes of at least 4 members (excludes halogenated alkanes) is 1. The number of aryl methyl sites for hydroxylation is 2. The summed E-state index contributed by atoms with van der Waals surface area (Å²) < 4.78 is 2.18. The number of halogens is 1. The molecule has 0 amide bonds. The highest BCUT2D eigenvalue weighted by molar-refractivity contribution is 6.31. The lowest BCUT2D eigenvalue weighted by Gasteiger charge is -1.97. The molecule has 80 valence electrons. The van der Waals surface area contributed by atoms with Crippen LogP contribution in [0.15, 0.2) is 24.4 Å². The minimum absolute atomic E-state index is 0.825. The lowest BCUT2D eigenvalue weighted by molar-refractivity contribution is 0.794. The summed E-state index contributed by atoms with van der Waals surface area (Å²) in [4.78, 5) is 0. The topological polar surface area (TPSA) is 4.93 Å². The third-order valence-electron chi connectivity index (χ3n) is 2.83. The molecule has 0 unspecified atom stereocenters. The van der Waals surface area contributed by atoms with Crippen LogP contribution < -0.4 is 0 Å². The van der Waals surface area contributed by atoms with Gasteiger partial charge in [0.2, 0.25) is 0 Å². The van der Waals surface area contributed by atoms with Crippen LogP contribution in [0.2, 0.25) is 5.02 Å². The van der Waals surface area contributed by atoms with E-state index in [-0.39, 0.29) is 0 Å². The summed E-state index contributed by atoms with van der Waals surface area (Å²) in [6.07, 6.45) is 5.84. The van der Waals surface area contributed by atoms with Gasteiger partial charge in [-0.3, -0.25) is 0 Å². The van der Waals surface area contributed by atoms with Crippen LogP contribution in [0.4, 0.5) is 0 Å². The molecule has 2 rings (SSSR count). The molecule has 0 N–H and O–H groups in total. The van der Waals surface area contributed by atoms with Crippen molar-refractivity contribution in [3.8, 4) is 0 Å². The van der Waals surface area contributed by atoms with Crippen LogP contribution in [-0.2, 0) is 13.5 Å². The van der Waals surface area contributed by atoms with Gasteiger partial charge in [0.1, 0.15) is 0 Å². The average molecular weight is 222 g/mol. The van der Waals surface area contributed by atoms with Gasteiger partial charge in [0.15, 0.2) is 0 Å². The molecule has 0 spiro atoms. The van der Waals surface area contributed by atoms with Crippen LogP contribution in [0.25, 0.3) is 10.9 Å². The van der Waals surface area contributed by atoms with Crippen molar-refractivity contribution in [3.63, 3.8) is 0 Å². The molecule has 0 radical (unpaired) electrons. The fraction of sp³-hybridized carbons (Fsp3) is 0.385. The Morgan fingerprint density at radius 1 is 1.33 bits per heavy atom. The molecule has 0 atom stereocenters. The number of benzene rings is 1. The van der Waals surface area contributed by atoms with Gasteiger partial charge in [-0.25, -0.2) is 0 Å². The van der Waals surface area contributed by atoms with E-state index in [1.807, 2.05) is 6.07 Å². The molecule has 1 heterocycles. The van der Waals surface area contributed by atoms with E-state index >= 15 is 0 Å². The monoisotopic (exact) mass is 221 g/mol. The summed E-state index contributed by atoms with van der Waals surface area (Å²) >= 11 is 6.02. The van der Waals surface area contributed by atoms with E-state index in [4.69, 9.17) is 11.6 Å². The van der Waals surface area contributed by atoms with Crippen molar-refractivity contribution in [2.24, 2.45) is 7.05 Å². The average Bonchev–Trinajstić information content (AvgIpc) is 2.52. The van der Waals surface area contributed by atoms with Crippen molar-refractivity contribution in [2.45, 2.75) is 26.2 Å². The highest BCUT2D eigenvalue weighted by Gasteiger charge is 2.06. The normalized spacial score (nSPS) is 11.1. The molecule has 15 heavy (non-hydrogen) atoms. The second kappa shape index (κ2) is 4.28. The first-order chi connectivity index (χ1) is 7.22. The number of hydrogen-bond donors (Lipinski definition) is 0. The number of rotatable bonds is 3. The molecule has 0 aliphatic heterocycles. The van der Waals surface area contributed by atoms with Crippen molar-refractivity contribution < 1.29 is 0 Å². The highest BCUT2D eigenvalue weighted by atomic mass is 35.5. The third kappa shape index (κ3) is 2.03. The quantitative estimate of drug-likeness (QED) is 0.733. The highest BCUT2D eigenvalue weighted by Crippen LogP contribution is 2.25. The Kier molecular flexibility index (Phi) is 3.01. The Morgan fingerprint density at radius 2 is 2.13 bits per heavy atom. The molecule has 0 aliphatic carbocycles. The zero-order chi connectivity index (χ0) is 10.8. The number of fused-ring (bicyclic) bond motifs is 1. The Balaban J connectivity index is 2.49. The summed E-state index contributed by atoms with van der Waals surface area (Å²) in [7, 11) is 2.09. The predicted octanol–water partition coefficient (Wildman–Crippen LogP) is 4.17. The lowest BCUT2D eigenvalue weighted by Crippen LogP contribution is -1.83. The summed E-state index contributed by atoms with van der Waals surface area (Å²) in [5.74, 6) is 0. The van der Waals surface area contributed by atoms with E-state index in [1.54, 1.807) is 0 Å². The van der Waals surface area contributed by atoms with E-state index in [0.717, 1.165) is 11.4 Å². The van der Waals surface area contributed by atoms with Crippen molar-refractivity contribution in [1.29, 1.82) is 0 Å². The Morgan fingerprint density at radius 3 is 2.87 bits per heavy atom. The van der Waals surface area contributed by atoms with E-state index < -0.39 is 0 Å². The van der Waals surface area contributed by atoms with Gasteiger partial charge in [-0.2, -0.15) is 0 Å². The van der Waals surface area contributed by atoms with Crippen LogP contribution >= 0.6 is 11.6 Å². The van der Waals surface area contributed by atoms with Crippen LogP contribution in [0.5, 0.6) is 0 Å². The first-order valence-corrected chi connectivity index (χ1v) is 5.83. The van der Waals surface area contributed by atoms with Crippen LogP contribution in [0, 0.1) is 0 Å². The fourth-order valence-corrected chi connectivity index (χ4v) is 2.18. The molecular weight excluding hydrogens is 206 g/mol.